The number of hydrogen-bond acceptors (Lipinski definition) is 8. The van der Waals surface area contributed by atoms with Gasteiger partial charge in [0.05, 0.1) is 17.4 Å². The van der Waals surface area contributed by atoms with Crippen LogP contribution in [-0.4, -0.2) is 64.0 Å². The molecule has 2 saturated heterocycles. The van der Waals surface area contributed by atoms with Gasteiger partial charge in [0.2, 0.25) is 5.95 Å². The minimum atomic E-state index is 0.575. The van der Waals surface area contributed by atoms with Gasteiger partial charge < -0.3 is 20.4 Å². The summed E-state index contributed by atoms with van der Waals surface area (Å²) in [5.74, 6) is 3.22. The van der Waals surface area contributed by atoms with E-state index in [1.807, 2.05) is 53.5 Å². The molecule has 0 saturated carbocycles. The standard InChI is InChI=1S/C24H27N9/c1-2-6-19(7-3-1)33-20-14-21(26-16-18(20)17-27-33)28-24-29-22(31-10-4-5-11-31)15-23(30-24)32-12-8-25-9-13-32/h1-3,6-7,14-17,25H,4-5,8-13H2,(H,26,28,29,30). The summed E-state index contributed by atoms with van der Waals surface area (Å²) in [5, 5.41) is 12.3. The minimum Gasteiger partial charge on any atom is -0.356 e. The van der Waals surface area contributed by atoms with E-state index in [1.165, 1.54) is 12.8 Å². The second-order valence-electron chi connectivity index (χ2n) is 8.48. The third-order valence-electron chi connectivity index (χ3n) is 6.26. The highest BCUT2D eigenvalue weighted by molar-refractivity contribution is 5.82. The van der Waals surface area contributed by atoms with Crippen LogP contribution in [0.25, 0.3) is 16.6 Å². The number of anilines is 4. The Labute approximate surface area is 192 Å². The summed E-state index contributed by atoms with van der Waals surface area (Å²) in [6, 6.07) is 14.3. The SMILES string of the molecule is c1ccc(-n2ncc3cnc(Nc4nc(N5CCCC5)cc(N5CCNCC5)n4)cc32)cc1. The van der Waals surface area contributed by atoms with Crippen LogP contribution < -0.4 is 20.4 Å². The number of nitrogens with zero attached hydrogens (tertiary/aromatic N) is 7. The fraction of sp³-hybridized carbons (Fsp3) is 0.333. The van der Waals surface area contributed by atoms with Gasteiger partial charge in [-0.1, -0.05) is 18.2 Å². The lowest BCUT2D eigenvalue weighted by Gasteiger charge is -2.29. The molecule has 9 heteroatoms. The first kappa shape index (κ1) is 19.9. The molecule has 2 fully saturated rings. The van der Waals surface area contributed by atoms with Gasteiger partial charge in [-0.2, -0.15) is 15.1 Å². The largest absolute Gasteiger partial charge is 0.356 e. The molecule has 2 aliphatic heterocycles. The topological polar surface area (TPSA) is 87.0 Å². The van der Waals surface area contributed by atoms with Crippen molar-refractivity contribution in [1.29, 1.82) is 0 Å². The van der Waals surface area contributed by atoms with E-state index in [2.05, 4.69) is 36.6 Å². The van der Waals surface area contributed by atoms with Crippen LogP contribution in [0.4, 0.5) is 23.4 Å². The van der Waals surface area contributed by atoms with Crippen LogP contribution in [-0.2, 0) is 0 Å². The van der Waals surface area contributed by atoms with Gasteiger partial charge in [0, 0.05) is 63.0 Å². The third-order valence-corrected chi connectivity index (χ3v) is 6.26. The van der Waals surface area contributed by atoms with E-state index in [4.69, 9.17) is 9.97 Å². The molecule has 4 aromatic rings. The fourth-order valence-corrected chi connectivity index (χ4v) is 4.52. The van der Waals surface area contributed by atoms with E-state index < -0.39 is 0 Å². The van der Waals surface area contributed by atoms with Crippen molar-refractivity contribution >= 4 is 34.3 Å². The minimum absolute atomic E-state index is 0.575. The molecule has 0 atom stereocenters. The summed E-state index contributed by atoms with van der Waals surface area (Å²) in [5.41, 5.74) is 2.00. The van der Waals surface area contributed by atoms with Crippen molar-refractivity contribution in [3.8, 4) is 5.69 Å². The molecule has 168 valence electrons. The molecule has 1 aromatic carbocycles. The molecule has 9 nitrogen and oxygen atoms in total. The Bertz CT molecular complexity index is 1240. The Morgan fingerprint density at radius 3 is 2.30 bits per heavy atom. The first-order valence-electron chi connectivity index (χ1n) is 11.6. The lowest BCUT2D eigenvalue weighted by atomic mass is 10.3. The molecule has 3 aromatic heterocycles. The number of fused-ring (bicyclic) bond motifs is 1. The fourth-order valence-electron chi connectivity index (χ4n) is 4.52. The summed E-state index contributed by atoms with van der Waals surface area (Å²) in [4.78, 5) is 19.0. The van der Waals surface area contributed by atoms with E-state index in [0.29, 0.717) is 11.8 Å². The average molecular weight is 442 g/mol. The van der Waals surface area contributed by atoms with Crippen molar-refractivity contribution in [3.63, 3.8) is 0 Å². The van der Waals surface area contributed by atoms with Crippen LogP contribution in [0.3, 0.4) is 0 Å². The highest BCUT2D eigenvalue weighted by atomic mass is 15.3. The van der Waals surface area contributed by atoms with Crippen LogP contribution >= 0.6 is 0 Å². The van der Waals surface area contributed by atoms with Crippen molar-refractivity contribution in [2.75, 3.05) is 54.4 Å². The molecular weight excluding hydrogens is 414 g/mol. The number of piperazine rings is 1. The highest BCUT2D eigenvalue weighted by Gasteiger charge is 2.20. The van der Waals surface area contributed by atoms with E-state index in [9.17, 15) is 0 Å². The maximum Gasteiger partial charge on any atom is 0.232 e. The molecule has 33 heavy (non-hydrogen) atoms. The quantitative estimate of drug-likeness (QED) is 0.489. The molecule has 0 aliphatic carbocycles. The van der Waals surface area contributed by atoms with Crippen LogP contribution in [0.5, 0.6) is 0 Å². The van der Waals surface area contributed by atoms with Crippen LogP contribution in [0.2, 0.25) is 0 Å². The second kappa shape index (κ2) is 8.67. The summed E-state index contributed by atoms with van der Waals surface area (Å²) in [6.07, 6.45) is 6.09. The number of pyridine rings is 1. The maximum absolute atomic E-state index is 4.86. The second-order valence-corrected chi connectivity index (χ2v) is 8.48. The van der Waals surface area contributed by atoms with Gasteiger partial charge in [-0.15, -0.1) is 0 Å². The number of benzene rings is 1. The number of hydrogen-bond donors (Lipinski definition) is 2. The summed E-state index contributed by atoms with van der Waals surface area (Å²) in [7, 11) is 0. The molecule has 0 bridgehead atoms. The first-order chi connectivity index (χ1) is 16.3. The maximum atomic E-state index is 4.86. The molecule has 0 amide bonds. The Morgan fingerprint density at radius 2 is 1.55 bits per heavy atom. The van der Waals surface area contributed by atoms with Crippen molar-refractivity contribution in [2.45, 2.75) is 12.8 Å². The van der Waals surface area contributed by atoms with Gasteiger partial charge in [-0.05, 0) is 25.0 Å². The highest BCUT2D eigenvalue weighted by Crippen LogP contribution is 2.27. The Kier molecular flexibility index (Phi) is 5.23. The summed E-state index contributed by atoms with van der Waals surface area (Å²) < 4.78 is 1.93. The predicted molar refractivity (Wildman–Crippen MR) is 131 cm³/mol. The molecule has 2 aliphatic rings. The van der Waals surface area contributed by atoms with Gasteiger partial charge >= 0.3 is 0 Å². The number of aromatic nitrogens is 5. The van der Waals surface area contributed by atoms with Crippen LogP contribution in [0.1, 0.15) is 12.8 Å². The van der Waals surface area contributed by atoms with Crippen molar-refractivity contribution in [1.82, 2.24) is 30.0 Å². The van der Waals surface area contributed by atoms with Crippen LogP contribution in [0.15, 0.2) is 54.9 Å². The predicted octanol–water partition coefficient (Wildman–Crippen LogP) is 2.96. The van der Waals surface area contributed by atoms with Crippen molar-refractivity contribution < 1.29 is 0 Å². The summed E-state index contributed by atoms with van der Waals surface area (Å²) in [6.45, 7) is 5.89. The molecule has 5 heterocycles. The van der Waals surface area contributed by atoms with Gasteiger partial charge in [0.1, 0.15) is 17.5 Å². The van der Waals surface area contributed by atoms with Gasteiger partial charge in [0.25, 0.3) is 0 Å². The first-order valence-corrected chi connectivity index (χ1v) is 11.6. The number of nitrogens with one attached hydrogen (secondary N) is 2. The van der Waals surface area contributed by atoms with E-state index in [0.717, 1.165) is 67.5 Å². The smallest absolute Gasteiger partial charge is 0.232 e. The Balaban J connectivity index is 1.35. The van der Waals surface area contributed by atoms with Crippen LogP contribution in [0, 0.1) is 0 Å². The average Bonchev–Trinajstić information content (AvgIpc) is 3.55. The normalized spacial score (nSPS) is 16.5. The van der Waals surface area contributed by atoms with E-state index >= 15 is 0 Å². The zero-order chi connectivity index (χ0) is 22.0. The lowest BCUT2D eigenvalue weighted by molar-refractivity contribution is 0.584. The molecule has 0 spiro atoms. The lowest BCUT2D eigenvalue weighted by Crippen LogP contribution is -2.44. The van der Waals surface area contributed by atoms with Crippen molar-refractivity contribution in [2.24, 2.45) is 0 Å². The Hall–Kier alpha value is -3.72. The molecule has 0 radical (unpaired) electrons. The number of para-hydroxylation sites is 1. The van der Waals surface area contributed by atoms with Gasteiger partial charge in [-0.3, -0.25) is 0 Å². The molecule has 0 unspecified atom stereocenters. The monoisotopic (exact) mass is 441 g/mol. The number of rotatable bonds is 5. The van der Waals surface area contributed by atoms with Gasteiger partial charge in [0.15, 0.2) is 0 Å². The molecular formula is C24H27N9. The summed E-state index contributed by atoms with van der Waals surface area (Å²) >= 11 is 0. The Morgan fingerprint density at radius 1 is 0.818 bits per heavy atom. The van der Waals surface area contributed by atoms with E-state index in [-0.39, 0.29) is 0 Å². The van der Waals surface area contributed by atoms with Gasteiger partial charge in [-0.25, -0.2) is 9.67 Å². The zero-order valence-corrected chi connectivity index (χ0v) is 18.5. The van der Waals surface area contributed by atoms with Crippen molar-refractivity contribution in [3.05, 3.63) is 54.9 Å². The third kappa shape index (κ3) is 4.07. The molecule has 6 rings (SSSR count). The van der Waals surface area contributed by atoms with E-state index in [1.54, 1.807) is 0 Å². The zero-order valence-electron chi connectivity index (χ0n) is 18.5. The molecule has 2 N–H and O–H groups in total.